The van der Waals surface area contributed by atoms with Gasteiger partial charge in [-0.15, -0.1) is 0 Å². The van der Waals surface area contributed by atoms with Gasteiger partial charge < -0.3 is 20.1 Å². The van der Waals surface area contributed by atoms with Crippen LogP contribution in [0.1, 0.15) is 37.9 Å². The lowest BCUT2D eigenvalue weighted by molar-refractivity contribution is 0.0288. The maximum atomic E-state index is 13.5. The highest BCUT2D eigenvalue weighted by Crippen LogP contribution is 2.38. The fraction of sp³-hybridized carbons (Fsp3) is 0.323. The van der Waals surface area contributed by atoms with E-state index in [0.29, 0.717) is 43.0 Å². The average Bonchev–Trinajstić information content (AvgIpc) is 3.46. The first kappa shape index (κ1) is 30.8. The minimum atomic E-state index is -3.10. The molecule has 2 aromatic heterocycles. The van der Waals surface area contributed by atoms with Crippen molar-refractivity contribution in [2.24, 2.45) is 0 Å². The van der Waals surface area contributed by atoms with Crippen LogP contribution < -0.4 is 15.4 Å². The monoisotopic (exact) mass is 669 g/mol. The van der Waals surface area contributed by atoms with Crippen molar-refractivity contribution in [3.8, 4) is 5.75 Å². The third-order valence-corrected chi connectivity index (χ3v) is 10.1. The normalized spacial score (nSPS) is 16.5. The van der Waals surface area contributed by atoms with Crippen molar-refractivity contribution in [1.82, 2.24) is 20.3 Å². The summed E-state index contributed by atoms with van der Waals surface area (Å²) in [6, 6.07) is 13.8. The molecule has 9 nitrogen and oxygen atoms in total. The van der Waals surface area contributed by atoms with Crippen molar-refractivity contribution < 1.29 is 22.3 Å². The van der Waals surface area contributed by atoms with Gasteiger partial charge in [-0.3, -0.25) is 4.98 Å². The Morgan fingerprint density at radius 1 is 1.12 bits per heavy atom. The topological polar surface area (TPSA) is 115 Å². The number of anilines is 2. The van der Waals surface area contributed by atoms with Crippen LogP contribution >= 0.6 is 15.9 Å². The second-order valence-electron chi connectivity index (χ2n) is 10.6. The van der Waals surface area contributed by atoms with Gasteiger partial charge in [-0.2, -0.15) is 0 Å². The zero-order valence-corrected chi connectivity index (χ0v) is 26.3. The number of halogens is 2. The van der Waals surface area contributed by atoms with Crippen molar-refractivity contribution in [3.63, 3.8) is 0 Å². The van der Waals surface area contributed by atoms with Crippen molar-refractivity contribution in [3.05, 3.63) is 94.9 Å². The summed E-state index contributed by atoms with van der Waals surface area (Å²) >= 11 is 3.57. The van der Waals surface area contributed by atoms with Gasteiger partial charge in [0.15, 0.2) is 15.4 Å². The second-order valence-corrected chi connectivity index (χ2v) is 14.1. The van der Waals surface area contributed by atoms with E-state index in [-0.39, 0.29) is 18.2 Å². The number of rotatable bonds is 13. The molecule has 3 heterocycles. The van der Waals surface area contributed by atoms with E-state index in [0.717, 1.165) is 26.8 Å². The van der Waals surface area contributed by atoms with E-state index < -0.39 is 20.7 Å². The molecule has 4 aromatic rings. The summed E-state index contributed by atoms with van der Waals surface area (Å²) in [5.74, 6) is 1.01. The van der Waals surface area contributed by atoms with E-state index >= 15 is 0 Å². The zero-order chi connectivity index (χ0) is 30.5. The lowest BCUT2D eigenvalue weighted by atomic mass is 9.91. The molecular formula is C31H33BrFN5O4S. The van der Waals surface area contributed by atoms with E-state index in [1.165, 1.54) is 18.5 Å². The molecule has 1 unspecified atom stereocenters. The van der Waals surface area contributed by atoms with E-state index in [2.05, 4.69) is 36.5 Å². The molecule has 0 spiro atoms. The SMILES string of the molecule is CC(C)S(=O)(=O)CCNCCC1(c2cc3c(Nc4ccc(OCc5cccc(F)c5)c(Br)c4)ncnc3cn2)CC=CO1. The molecule has 2 N–H and O–H groups in total. The minimum Gasteiger partial charge on any atom is -0.489 e. The Labute approximate surface area is 259 Å². The van der Waals surface area contributed by atoms with Crippen LogP contribution in [0.2, 0.25) is 0 Å². The first-order chi connectivity index (χ1) is 20.6. The molecule has 0 amide bonds. The lowest BCUT2D eigenvalue weighted by Gasteiger charge is -2.28. The van der Waals surface area contributed by atoms with Gasteiger partial charge in [0.05, 0.1) is 39.1 Å². The first-order valence-electron chi connectivity index (χ1n) is 14.0. The molecule has 0 saturated carbocycles. The van der Waals surface area contributed by atoms with Crippen LogP contribution in [0.15, 0.2) is 77.9 Å². The summed E-state index contributed by atoms with van der Waals surface area (Å²) < 4.78 is 50.5. The van der Waals surface area contributed by atoms with Crippen molar-refractivity contribution >= 4 is 48.2 Å². The number of aromatic nitrogens is 3. The van der Waals surface area contributed by atoms with Crippen LogP contribution in [0.25, 0.3) is 10.9 Å². The van der Waals surface area contributed by atoms with Gasteiger partial charge >= 0.3 is 0 Å². The Kier molecular flexibility index (Phi) is 9.58. The molecule has 0 fully saturated rings. The summed E-state index contributed by atoms with van der Waals surface area (Å²) in [7, 11) is -3.10. The van der Waals surface area contributed by atoms with Crippen LogP contribution in [0.4, 0.5) is 15.9 Å². The quantitative estimate of drug-likeness (QED) is 0.161. The van der Waals surface area contributed by atoms with Gasteiger partial charge in [-0.1, -0.05) is 12.1 Å². The van der Waals surface area contributed by atoms with E-state index in [1.54, 1.807) is 32.4 Å². The Morgan fingerprint density at radius 3 is 2.72 bits per heavy atom. The van der Waals surface area contributed by atoms with Crippen molar-refractivity contribution in [2.75, 3.05) is 24.2 Å². The molecule has 1 aliphatic rings. The van der Waals surface area contributed by atoms with Crippen LogP contribution in [0.3, 0.4) is 0 Å². The first-order valence-corrected chi connectivity index (χ1v) is 16.5. The molecule has 1 atom stereocenters. The highest BCUT2D eigenvalue weighted by Gasteiger charge is 2.37. The van der Waals surface area contributed by atoms with E-state index in [4.69, 9.17) is 14.5 Å². The molecule has 2 aromatic carbocycles. The number of pyridine rings is 1. The summed E-state index contributed by atoms with van der Waals surface area (Å²) in [6.07, 6.45) is 8.08. The predicted octanol–water partition coefficient (Wildman–Crippen LogP) is 6.18. The number of hydrogen-bond donors (Lipinski definition) is 2. The van der Waals surface area contributed by atoms with Gasteiger partial charge in [-0.05, 0) is 84.4 Å². The van der Waals surface area contributed by atoms with Crippen LogP contribution in [0, 0.1) is 5.82 Å². The van der Waals surface area contributed by atoms with E-state index in [1.807, 2.05) is 36.4 Å². The summed E-state index contributed by atoms with van der Waals surface area (Å²) in [4.78, 5) is 13.6. The number of nitrogens with zero attached hydrogens (tertiary/aromatic N) is 3. The molecule has 5 rings (SSSR count). The van der Waals surface area contributed by atoms with Crippen molar-refractivity contribution in [1.29, 1.82) is 0 Å². The Hall–Kier alpha value is -3.61. The Morgan fingerprint density at radius 2 is 1.98 bits per heavy atom. The molecule has 1 aliphatic heterocycles. The summed E-state index contributed by atoms with van der Waals surface area (Å²) in [6.45, 7) is 4.56. The standard InChI is InChI=1S/C31H33BrFN5O4S/c1-21(2)43(39,40)14-12-34-11-10-31(9-4-13-42-31)29-17-25-27(18-35-29)36-20-37-30(25)38-24-7-8-28(26(32)16-24)41-19-22-5-3-6-23(33)15-22/h3-8,13,15-18,20-21,34H,9-12,14,19H2,1-2H3,(H,36,37,38). The van der Waals surface area contributed by atoms with Gasteiger partial charge in [0.1, 0.15) is 30.3 Å². The number of fused-ring (bicyclic) bond motifs is 1. The lowest BCUT2D eigenvalue weighted by Crippen LogP contribution is -2.33. The highest BCUT2D eigenvalue weighted by atomic mass is 79.9. The number of benzene rings is 2. The highest BCUT2D eigenvalue weighted by molar-refractivity contribution is 9.10. The maximum absolute atomic E-state index is 13.5. The third-order valence-electron chi connectivity index (χ3n) is 7.29. The smallest absolute Gasteiger partial charge is 0.154 e. The van der Waals surface area contributed by atoms with Gasteiger partial charge in [0.25, 0.3) is 0 Å². The molecule has 0 aliphatic carbocycles. The average molecular weight is 671 g/mol. The van der Waals surface area contributed by atoms with Crippen LogP contribution in [-0.2, 0) is 26.8 Å². The molecule has 0 bridgehead atoms. The molecule has 0 saturated heterocycles. The minimum absolute atomic E-state index is 0.0909. The fourth-order valence-electron chi connectivity index (χ4n) is 4.71. The molecule has 226 valence electrons. The molecule has 12 heteroatoms. The summed E-state index contributed by atoms with van der Waals surface area (Å²) in [5.41, 5.74) is 2.24. The predicted molar refractivity (Wildman–Crippen MR) is 168 cm³/mol. The maximum Gasteiger partial charge on any atom is 0.154 e. The van der Waals surface area contributed by atoms with Gasteiger partial charge in [-0.25, -0.2) is 22.8 Å². The van der Waals surface area contributed by atoms with Gasteiger partial charge in [0.2, 0.25) is 0 Å². The molecule has 43 heavy (non-hydrogen) atoms. The van der Waals surface area contributed by atoms with Crippen LogP contribution in [-0.4, -0.2) is 47.5 Å². The van der Waals surface area contributed by atoms with Crippen molar-refractivity contribution in [2.45, 2.75) is 44.1 Å². The molecule has 0 radical (unpaired) electrons. The Bertz CT molecular complexity index is 1730. The zero-order valence-electron chi connectivity index (χ0n) is 23.9. The summed E-state index contributed by atoms with van der Waals surface area (Å²) in [5, 5.41) is 7.00. The largest absolute Gasteiger partial charge is 0.489 e. The number of sulfone groups is 1. The van der Waals surface area contributed by atoms with E-state index in [9.17, 15) is 12.8 Å². The van der Waals surface area contributed by atoms with Gasteiger partial charge in [0, 0.05) is 30.5 Å². The molecular weight excluding hydrogens is 637 g/mol. The third kappa shape index (κ3) is 7.49. The number of hydrogen-bond acceptors (Lipinski definition) is 9. The number of nitrogens with one attached hydrogen (secondary N) is 2. The Balaban J connectivity index is 1.30. The fourth-order valence-corrected chi connectivity index (χ4v) is 6.11. The number of ether oxygens (including phenoxy) is 2. The second kappa shape index (κ2) is 13.4. The van der Waals surface area contributed by atoms with Crippen LogP contribution in [0.5, 0.6) is 5.75 Å².